The van der Waals surface area contributed by atoms with Crippen LogP contribution in [0.5, 0.6) is 5.75 Å². The zero-order valence-corrected chi connectivity index (χ0v) is 23.8. The number of anilines is 1. The first-order chi connectivity index (χ1) is 17.5. The molecule has 1 atom stereocenters. The Balaban J connectivity index is 2.24. The van der Waals surface area contributed by atoms with Crippen molar-refractivity contribution >= 4 is 21.7 Å². The Morgan fingerprint density at radius 2 is 1.71 bits per heavy atom. The molecule has 0 aliphatic carbocycles. The van der Waals surface area contributed by atoms with Crippen molar-refractivity contribution in [2.75, 3.05) is 10.6 Å². The third-order valence-corrected chi connectivity index (χ3v) is 7.81. The average molecular weight is 539 g/mol. The topological polar surface area (TPSA) is 117 Å². The minimum atomic E-state index is -3.76. The maximum Gasteiger partial charge on any atom is 0.337 e. The number of aromatic nitrogens is 1. The molecular formula is C29H34N2O6S. The lowest BCUT2D eigenvalue weighted by Crippen LogP contribution is -2.35. The van der Waals surface area contributed by atoms with E-state index in [-0.39, 0.29) is 12.3 Å². The smallest absolute Gasteiger partial charge is 0.337 e. The molecular weight excluding hydrogens is 504 g/mol. The first kappa shape index (κ1) is 27.6. The molecule has 2 heterocycles. The number of rotatable bonds is 5. The number of fused-ring (bicyclic) bond motifs is 3. The van der Waals surface area contributed by atoms with E-state index in [4.69, 9.17) is 4.74 Å². The van der Waals surface area contributed by atoms with E-state index in [1.807, 2.05) is 32.9 Å². The van der Waals surface area contributed by atoms with Crippen molar-refractivity contribution in [1.82, 2.24) is 4.98 Å². The Labute approximate surface area is 224 Å². The summed E-state index contributed by atoms with van der Waals surface area (Å²) in [6.45, 7) is 12.6. The van der Waals surface area contributed by atoms with Crippen LogP contribution in [0.2, 0.25) is 0 Å². The van der Waals surface area contributed by atoms with Crippen LogP contribution >= 0.6 is 0 Å². The molecule has 0 radical (unpaired) electrons. The number of ether oxygens (including phenoxy) is 1. The summed E-state index contributed by atoms with van der Waals surface area (Å²) in [5.41, 5.74) is 5.52. The first-order valence-corrected chi connectivity index (χ1v) is 14.2. The lowest BCUT2D eigenvalue weighted by Gasteiger charge is -2.37. The number of carbonyl (C=O) groups is 1. The molecule has 1 aromatic heterocycles. The predicted octanol–water partition coefficient (Wildman–Crippen LogP) is 5.58. The number of hydrogen-bond donors (Lipinski definition) is 2. The number of carboxylic acids is 1. The summed E-state index contributed by atoms with van der Waals surface area (Å²) in [4.78, 5) is 17.4. The fourth-order valence-corrected chi connectivity index (χ4v) is 6.15. The Kier molecular flexibility index (Phi) is 6.82. The van der Waals surface area contributed by atoms with Crippen LogP contribution in [0.25, 0.3) is 22.4 Å². The molecule has 0 amide bonds. The number of benzene rings is 2. The molecule has 2 aromatic carbocycles. The van der Waals surface area contributed by atoms with Gasteiger partial charge in [-0.15, -0.1) is 0 Å². The van der Waals surface area contributed by atoms with E-state index in [1.165, 1.54) is 4.31 Å². The van der Waals surface area contributed by atoms with Crippen LogP contribution in [0, 0.1) is 27.7 Å². The lowest BCUT2D eigenvalue weighted by molar-refractivity contribution is -0.160. The number of pyridine rings is 1. The van der Waals surface area contributed by atoms with Crippen molar-refractivity contribution < 1.29 is 28.2 Å². The van der Waals surface area contributed by atoms with Gasteiger partial charge in [-0.2, -0.15) is 0 Å². The van der Waals surface area contributed by atoms with Crippen molar-refractivity contribution in [2.24, 2.45) is 0 Å². The van der Waals surface area contributed by atoms with Gasteiger partial charge in [-0.05, 0) is 87.9 Å². The number of aromatic hydroxyl groups is 1. The summed E-state index contributed by atoms with van der Waals surface area (Å²) in [6, 6.07) is 7.12. The summed E-state index contributed by atoms with van der Waals surface area (Å²) in [6.07, 6.45) is 1.44. The molecule has 0 unspecified atom stereocenters. The predicted molar refractivity (Wildman–Crippen MR) is 148 cm³/mol. The van der Waals surface area contributed by atoms with Gasteiger partial charge in [-0.1, -0.05) is 18.2 Å². The second-order valence-electron chi connectivity index (χ2n) is 11.0. The van der Waals surface area contributed by atoms with Gasteiger partial charge in [-0.3, -0.25) is 9.29 Å². The van der Waals surface area contributed by atoms with Gasteiger partial charge in [0.15, 0.2) is 6.10 Å². The summed E-state index contributed by atoms with van der Waals surface area (Å²) >= 11 is 0. The highest BCUT2D eigenvalue weighted by Gasteiger charge is 2.39. The average Bonchev–Trinajstić information content (AvgIpc) is 2.78. The van der Waals surface area contributed by atoms with Crippen LogP contribution in [0.4, 0.5) is 5.69 Å². The Hall–Kier alpha value is -3.43. The largest absolute Gasteiger partial charge is 0.507 e. The van der Waals surface area contributed by atoms with Gasteiger partial charge in [0.2, 0.25) is 10.0 Å². The number of phenols is 1. The zero-order chi connectivity index (χ0) is 28.3. The van der Waals surface area contributed by atoms with Crippen molar-refractivity contribution in [3.05, 3.63) is 63.8 Å². The second kappa shape index (κ2) is 9.39. The summed E-state index contributed by atoms with van der Waals surface area (Å²) in [5.74, 6) is -1.23. The van der Waals surface area contributed by atoms with Gasteiger partial charge in [0, 0.05) is 22.9 Å². The highest BCUT2D eigenvalue weighted by molar-refractivity contribution is 7.92. The first-order valence-electron chi connectivity index (χ1n) is 12.3. The Morgan fingerprint density at radius 3 is 2.26 bits per heavy atom. The highest BCUT2D eigenvalue weighted by Crippen LogP contribution is 2.52. The maximum atomic E-state index is 13.1. The third-order valence-electron chi connectivity index (χ3n) is 6.70. The van der Waals surface area contributed by atoms with E-state index < -0.39 is 27.7 Å². The van der Waals surface area contributed by atoms with E-state index in [0.717, 1.165) is 22.9 Å². The lowest BCUT2D eigenvalue weighted by atomic mass is 9.81. The molecule has 2 N–H and O–H groups in total. The number of aryl methyl sites for hydroxylation is 2. The van der Waals surface area contributed by atoms with Crippen LogP contribution in [0.3, 0.4) is 0 Å². The Morgan fingerprint density at radius 1 is 1.05 bits per heavy atom. The third kappa shape index (κ3) is 4.88. The molecule has 9 heteroatoms. The van der Waals surface area contributed by atoms with E-state index in [9.17, 15) is 23.4 Å². The minimum absolute atomic E-state index is 0.0125. The fourth-order valence-electron chi connectivity index (χ4n) is 5.22. The standard InChI is InChI=1S/C29H34N2O6S/c1-15-9-10-20(21(32)12-15)22-17(3)24-25-19(11-16(2)13-30-25)14-31(38(8,35)36)26(24)18(4)23(22)27(28(33)34)37-29(5,6)7/h9-13,27,32H,14H2,1-8H3,(H,33,34)/t27-/m0/s1. The quantitative estimate of drug-likeness (QED) is 0.436. The summed E-state index contributed by atoms with van der Waals surface area (Å²) < 4.78 is 33.6. The number of hydrogen-bond acceptors (Lipinski definition) is 6. The highest BCUT2D eigenvalue weighted by atomic mass is 32.2. The minimum Gasteiger partial charge on any atom is -0.507 e. The second-order valence-corrected chi connectivity index (χ2v) is 12.9. The van der Waals surface area contributed by atoms with E-state index >= 15 is 0 Å². The number of aliphatic carboxylic acids is 1. The van der Waals surface area contributed by atoms with Crippen molar-refractivity contribution in [1.29, 1.82) is 0 Å². The van der Waals surface area contributed by atoms with E-state index in [2.05, 4.69) is 4.98 Å². The van der Waals surface area contributed by atoms with Gasteiger partial charge in [0.25, 0.3) is 0 Å². The SMILES string of the molecule is Cc1ccc(-c2c(C)c3c(c(C)c2[C@H](OC(C)(C)C)C(=O)O)N(S(C)(=O)=O)Cc2cc(C)cnc2-3)c(O)c1. The molecule has 0 bridgehead atoms. The van der Waals surface area contributed by atoms with Crippen LogP contribution in [0.15, 0.2) is 30.5 Å². The fraction of sp³-hybridized carbons (Fsp3) is 0.379. The van der Waals surface area contributed by atoms with Gasteiger partial charge in [0.05, 0.1) is 29.8 Å². The monoisotopic (exact) mass is 538 g/mol. The van der Waals surface area contributed by atoms with Crippen molar-refractivity contribution in [2.45, 2.75) is 66.7 Å². The molecule has 0 spiro atoms. The zero-order valence-electron chi connectivity index (χ0n) is 23.0. The molecule has 1 aliphatic rings. The van der Waals surface area contributed by atoms with Crippen LogP contribution in [-0.2, 0) is 26.1 Å². The summed E-state index contributed by atoms with van der Waals surface area (Å²) in [5, 5.41) is 21.4. The number of nitrogens with zero attached hydrogens (tertiary/aromatic N) is 2. The Bertz CT molecular complexity index is 1570. The van der Waals surface area contributed by atoms with E-state index in [0.29, 0.717) is 44.8 Å². The van der Waals surface area contributed by atoms with E-state index in [1.54, 1.807) is 46.0 Å². The maximum absolute atomic E-state index is 13.1. The van der Waals surface area contributed by atoms with Crippen LogP contribution in [-0.4, -0.2) is 41.4 Å². The summed E-state index contributed by atoms with van der Waals surface area (Å²) in [7, 11) is -3.76. The van der Waals surface area contributed by atoms with Gasteiger partial charge in [0.1, 0.15) is 5.75 Å². The van der Waals surface area contributed by atoms with Gasteiger partial charge >= 0.3 is 5.97 Å². The number of carboxylic acid groups (broad SMARTS) is 1. The molecule has 1 aliphatic heterocycles. The molecule has 0 saturated heterocycles. The molecule has 8 nitrogen and oxygen atoms in total. The van der Waals surface area contributed by atoms with Crippen molar-refractivity contribution in [3.63, 3.8) is 0 Å². The van der Waals surface area contributed by atoms with Crippen molar-refractivity contribution in [3.8, 4) is 28.1 Å². The number of phenolic OH excluding ortho intramolecular Hbond substituents is 1. The molecule has 4 rings (SSSR count). The van der Waals surface area contributed by atoms with Crippen LogP contribution in [0.1, 0.15) is 60.3 Å². The molecule has 0 fully saturated rings. The molecule has 0 saturated carbocycles. The van der Waals surface area contributed by atoms with Crippen LogP contribution < -0.4 is 4.31 Å². The molecule has 3 aromatic rings. The normalized spacial score (nSPS) is 14.2. The molecule has 202 valence electrons. The number of sulfonamides is 1. The van der Waals surface area contributed by atoms with Gasteiger partial charge in [-0.25, -0.2) is 13.2 Å². The molecule has 38 heavy (non-hydrogen) atoms. The van der Waals surface area contributed by atoms with Gasteiger partial charge < -0.3 is 14.9 Å².